The van der Waals surface area contributed by atoms with E-state index in [1.165, 1.54) is 11.1 Å². The van der Waals surface area contributed by atoms with Crippen LogP contribution in [0.5, 0.6) is 0 Å². The monoisotopic (exact) mass is 285 g/mol. The highest BCUT2D eigenvalue weighted by molar-refractivity contribution is 6.32. The average molecular weight is 286 g/mol. The Morgan fingerprint density at radius 3 is 2.70 bits per heavy atom. The molecule has 2 rings (SSSR count). The Labute approximate surface area is 126 Å². The van der Waals surface area contributed by atoms with E-state index >= 15 is 0 Å². The van der Waals surface area contributed by atoms with Crippen LogP contribution in [0.4, 0.5) is 0 Å². The predicted octanol–water partition coefficient (Wildman–Crippen LogP) is 5.01. The van der Waals surface area contributed by atoms with E-state index in [-0.39, 0.29) is 0 Å². The quantitative estimate of drug-likeness (QED) is 0.814. The summed E-state index contributed by atoms with van der Waals surface area (Å²) >= 11 is 6.11. The van der Waals surface area contributed by atoms with E-state index in [1.54, 1.807) is 0 Å². The summed E-state index contributed by atoms with van der Waals surface area (Å²) in [5.74, 6) is 0. The second-order valence-electron chi connectivity index (χ2n) is 4.97. The number of hydrogen-bond acceptors (Lipinski definition) is 1. The maximum atomic E-state index is 6.11. The zero-order valence-corrected chi connectivity index (χ0v) is 12.7. The van der Waals surface area contributed by atoms with Gasteiger partial charge in [-0.05, 0) is 31.0 Å². The molecule has 0 radical (unpaired) electrons. The summed E-state index contributed by atoms with van der Waals surface area (Å²) in [4.78, 5) is 0. The van der Waals surface area contributed by atoms with Gasteiger partial charge in [0.05, 0.1) is 0 Å². The highest BCUT2D eigenvalue weighted by Gasteiger charge is 2.02. The highest BCUT2D eigenvalue weighted by atomic mass is 35.5. The fraction of sp³-hybridized carbons (Fsp3) is 0.222. The first-order valence-electron chi connectivity index (χ1n) is 6.88. The second kappa shape index (κ2) is 7.28. The molecule has 0 saturated heterocycles. The van der Waals surface area contributed by atoms with E-state index in [4.69, 9.17) is 11.6 Å². The summed E-state index contributed by atoms with van der Waals surface area (Å²) in [5, 5.41) is 4.27. The third-order valence-corrected chi connectivity index (χ3v) is 3.63. The largest absolute Gasteiger partial charge is 0.307 e. The molecule has 1 unspecified atom stereocenters. The number of aryl methyl sites for hydroxylation is 1. The lowest BCUT2D eigenvalue weighted by Crippen LogP contribution is -2.18. The Hall–Kier alpha value is -1.57. The van der Waals surface area contributed by atoms with Crippen molar-refractivity contribution in [2.45, 2.75) is 19.9 Å². The molecule has 0 aromatic heterocycles. The Balaban J connectivity index is 1.88. The van der Waals surface area contributed by atoms with Crippen LogP contribution >= 0.6 is 11.6 Å². The van der Waals surface area contributed by atoms with Gasteiger partial charge in [0.2, 0.25) is 0 Å². The normalized spacial score (nSPS) is 12.8. The molecule has 1 nitrogen and oxygen atoms in total. The smallest absolute Gasteiger partial charge is 0.0478 e. The molecule has 2 aromatic rings. The number of nitrogens with one attached hydrogen (secondary N) is 1. The van der Waals surface area contributed by atoms with Crippen molar-refractivity contribution in [2.75, 3.05) is 6.54 Å². The molecule has 2 heteroatoms. The molecule has 0 saturated carbocycles. The van der Waals surface area contributed by atoms with Crippen molar-refractivity contribution in [1.82, 2.24) is 5.32 Å². The van der Waals surface area contributed by atoms with Gasteiger partial charge < -0.3 is 5.32 Å². The van der Waals surface area contributed by atoms with Crippen LogP contribution in [0.15, 0.2) is 54.6 Å². The van der Waals surface area contributed by atoms with Crippen molar-refractivity contribution in [3.8, 4) is 0 Å². The fourth-order valence-electron chi connectivity index (χ4n) is 2.10. The van der Waals surface area contributed by atoms with E-state index in [2.05, 4.69) is 55.6 Å². The molecule has 0 heterocycles. The van der Waals surface area contributed by atoms with E-state index in [0.717, 1.165) is 17.1 Å². The van der Waals surface area contributed by atoms with Crippen molar-refractivity contribution >= 4 is 17.7 Å². The van der Waals surface area contributed by atoms with Crippen LogP contribution in [0.25, 0.3) is 6.08 Å². The van der Waals surface area contributed by atoms with E-state index < -0.39 is 0 Å². The van der Waals surface area contributed by atoms with E-state index in [1.807, 2.05) is 24.3 Å². The van der Waals surface area contributed by atoms with Crippen LogP contribution in [-0.4, -0.2) is 6.54 Å². The molecule has 0 bridgehead atoms. The predicted molar refractivity (Wildman–Crippen MR) is 88.1 cm³/mol. The standard InChI is InChI=1S/C18H20ClN/c1-14-7-5-9-17(13-14)15(2)20-12-6-10-16-8-3-4-11-18(16)19/h3-11,13,15,20H,12H2,1-2H3/b10-6+. The van der Waals surface area contributed by atoms with Crippen molar-refractivity contribution < 1.29 is 0 Å². The molecule has 0 aliphatic heterocycles. The van der Waals surface area contributed by atoms with Gasteiger partial charge in [-0.25, -0.2) is 0 Å². The van der Waals surface area contributed by atoms with Gasteiger partial charge in [-0.1, -0.05) is 71.8 Å². The average Bonchev–Trinajstić information content (AvgIpc) is 2.45. The lowest BCUT2D eigenvalue weighted by Gasteiger charge is -2.13. The first-order valence-corrected chi connectivity index (χ1v) is 7.25. The zero-order valence-electron chi connectivity index (χ0n) is 11.9. The minimum Gasteiger partial charge on any atom is -0.307 e. The van der Waals surface area contributed by atoms with Gasteiger partial charge in [0.25, 0.3) is 0 Å². The third kappa shape index (κ3) is 4.22. The summed E-state index contributed by atoms with van der Waals surface area (Å²) in [6, 6.07) is 16.8. The van der Waals surface area contributed by atoms with Crippen molar-refractivity contribution in [2.24, 2.45) is 0 Å². The topological polar surface area (TPSA) is 12.0 Å². The van der Waals surface area contributed by atoms with Crippen LogP contribution in [0.2, 0.25) is 5.02 Å². The van der Waals surface area contributed by atoms with Gasteiger partial charge in [0, 0.05) is 17.6 Å². The molecule has 0 spiro atoms. The minimum atomic E-state index is 0.339. The SMILES string of the molecule is Cc1cccc(C(C)NC/C=C/c2ccccc2Cl)c1. The Kier molecular flexibility index (Phi) is 5.40. The van der Waals surface area contributed by atoms with Gasteiger partial charge >= 0.3 is 0 Å². The van der Waals surface area contributed by atoms with Crippen molar-refractivity contribution in [3.05, 3.63) is 76.3 Å². The van der Waals surface area contributed by atoms with Crippen molar-refractivity contribution in [3.63, 3.8) is 0 Å². The molecular formula is C18H20ClN. The van der Waals surface area contributed by atoms with E-state index in [0.29, 0.717) is 6.04 Å². The number of rotatable bonds is 5. The summed E-state index contributed by atoms with van der Waals surface area (Å²) in [5.41, 5.74) is 3.66. The molecule has 0 amide bonds. The Morgan fingerprint density at radius 1 is 1.15 bits per heavy atom. The first-order chi connectivity index (χ1) is 9.66. The molecule has 20 heavy (non-hydrogen) atoms. The maximum Gasteiger partial charge on any atom is 0.0478 e. The van der Waals surface area contributed by atoms with Crippen LogP contribution in [0.1, 0.15) is 29.7 Å². The molecule has 0 fully saturated rings. The van der Waals surface area contributed by atoms with Crippen LogP contribution < -0.4 is 5.32 Å². The van der Waals surface area contributed by atoms with Crippen LogP contribution in [0.3, 0.4) is 0 Å². The molecule has 104 valence electrons. The maximum absolute atomic E-state index is 6.11. The van der Waals surface area contributed by atoms with Gasteiger partial charge in [-0.2, -0.15) is 0 Å². The molecule has 0 aliphatic rings. The first kappa shape index (κ1) is 14.8. The number of hydrogen-bond donors (Lipinski definition) is 1. The molecule has 0 aliphatic carbocycles. The molecular weight excluding hydrogens is 266 g/mol. The summed E-state index contributed by atoms with van der Waals surface area (Å²) in [7, 11) is 0. The lowest BCUT2D eigenvalue weighted by atomic mass is 10.1. The minimum absolute atomic E-state index is 0.339. The number of benzene rings is 2. The van der Waals surface area contributed by atoms with Gasteiger partial charge in [-0.3, -0.25) is 0 Å². The Morgan fingerprint density at radius 2 is 1.95 bits per heavy atom. The lowest BCUT2D eigenvalue weighted by molar-refractivity contribution is 0.617. The number of halogens is 1. The van der Waals surface area contributed by atoms with Crippen LogP contribution in [0, 0.1) is 6.92 Å². The Bertz CT molecular complexity index is 589. The zero-order chi connectivity index (χ0) is 14.4. The summed E-state index contributed by atoms with van der Waals surface area (Å²) in [6.45, 7) is 5.12. The van der Waals surface area contributed by atoms with Gasteiger partial charge in [-0.15, -0.1) is 0 Å². The van der Waals surface area contributed by atoms with Crippen LogP contribution in [-0.2, 0) is 0 Å². The fourth-order valence-corrected chi connectivity index (χ4v) is 2.30. The van der Waals surface area contributed by atoms with Crippen molar-refractivity contribution in [1.29, 1.82) is 0 Å². The molecule has 1 N–H and O–H groups in total. The summed E-state index contributed by atoms with van der Waals surface area (Å²) in [6.07, 6.45) is 4.16. The third-order valence-electron chi connectivity index (χ3n) is 3.29. The second-order valence-corrected chi connectivity index (χ2v) is 5.38. The van der Waals surface area contributed by atoms with E-state index in [9.17, 15) is 0 Å². The molecule has 2 aromatic carbocycles. The molecule has 1 atom stereocenters. The highest BCUT2D eigenvalue weighted by Crippen LogP contribution is 2.16. The van der Waals surface area contributed by atoms with Gasteiger partial charge in [0.1, 0.15) is 0 Å². The summed E-state index contributed by atoms with van der Waals surface area (Å²) < 4.78 is 0. The van der Waals surface area contributed by atoms with Gasteiger partial charge in [0.15, 0.2) is 0 Å².